The Morgan fingerprint density at radius 3 is 1.98 bits per heavy atom. The van der Waals surface area contributed by atoms with Crippen molar-refractivity contribution in [2.24, 2.45) is 0 Å². The van der Waals surface area contributed by atoms with Gasteiger partial charge in [0.2, 0.25) is 0 Å². The molecule has 3 nitrogen and oxygen atoms in total. The van der Waals surface area contributed by atoms with Gasteiger partial charge in [0, 0.05) is 47.2 Å². The van der Waals surface area contributed by atoms with E-state index in [9.17, 15) is 0 Å². The predicted octanol–water partition coefficient (Wildman–Crippen LogP) is 11.8. The van der Waals surface area contributed by atoms with Crippen molar-refractivity contribution in [3.05, 3.63) is 145 Å². The van der Waals surface area contributed by atoms with E-state index < -0.39 is 13.7 Å². The fourth-order valence-corrected chi connectivity index (χ4v) is 7.43. The lowest BCUT2D eigenvalue weighted by molar-refractivity contribution is 0.666. The fraction of sp³-hybridized carbons (Fsp3) is 0.0465. The number of aromatic nitrogens is 2. The molecule has 3 heterocycles. The third-order valence-electron chi connectivity index (χ3n) is 9.42. The Kier molecular flexibility index (Phi) is 4.07. The Bertz CT molecular complexity index is 3080. The SMILES string of the molecule is [2H]C([2H])([2H])c1cc(C([2H])([2H])[2H])c2oc3c(-c4cc5c(cn4)c4ccccc4n5-c4ccc5c6ccccc6c6ccccc6c5c4)cccc3c2c1. The second-order valence-corrected chi connectivity index (χ2v) is 11.9. The number of pyridine rings is 1. The first-order valence-corrected chi connectivity index (χ1v) is 15.3. The average molecular weight is 595 g/mol. The average Bonchev–Trinajstić information content (AvgIpc) is 3.69. The van der Waals surface area contributed by atoms with E-state index in [-0.39, 0.29) is 16.7 Å². The van der Waals surface area contributed by atoms with Crippen molar-refractivity contribution in [1.82, 2.24) is 9.55 Å². The van der Waals surface area contributed by atoms with Crippen molar-refractivity contribution in [3.63, 3.8) is 0 Å². The summed E-state index contributed by atoms with van der Waals surface area (Å²) >= 11 is 0. The number of hydrogen-bond acceptors (Lipinski definition) is 2. The highest BCUT2D eigenvalue weighted by Gasteiger charge is 2.19. The Hall–Kier alpha value is -5.93. The topological polar surface area (TPSA) is 31.0 Å². The molecule has 0 fully saturated rings. The summed E-state index contributed by atoms with van der Waals surface area (Å²) in [5, 5.41) is 10.3. The molecule has 0 amide bonds. The summed E-state index contributed by atoms with van der Waals surface area (Å²) < 4.78 is 57.4. The van der Waals surface area contributed by atoms with Gasteiger partial charge in [-0.15, -0.1) is 0 Å². The van der Waals surface area contributed by atoms with Crippen LogP contribution in [-0.2, 0) is 0 Å². The second-order valence-electron chi connectivity index (χ2n) is 11.9. The summed E-state index contributed by atoms with van der Waals surface area (Å²) in [6.07, 6.45) is 1.88. The number of aryl methyl sites for hydroxylation is 2. The summed E-state index contributed by atoms with van der Waals surface area (Å²) in [5.74, 6) is 0. The molecule has 0 aliphatic rings. The number of hydrogen-bond donors (Lipinski definition) is 0. The summed E-state index contributed by atoms with van der Waals surface area (Å²) in [6.45, 7) is -5.07. The summed E-state index contributed by atoms with van der Waals surface area (Å²) in [5.41, 5.74) is 4.76. The zero-order valence-electron chi connectivity index (χ0n) is 30.5. The molecule has 3 aromatic heterocycles. The Labute approximate surface area is 273 Å². The summed E-state index contributed by atoms with van der Waals surface area (Å²) in [4.78, 5) is 4.93. The van der Waals surface area contributed by atoms with Crippen LogP contribution in [0.4, 0.5) is 0 Å². The Morgan fingerprint density at radius 1 is 0.522 bits per heavy atom. The third kappa shape index (κ3) is 3.45. The molecule has 0 spiro atoms. The number of rotatable bonds is 2. The van der Waals surface area contributed by atoms with Gasteiger partial charge in [-0.2, -0.15) is 0 Å². The minimum absolute atomic E-state index is 0.0422. The maximum Gasteiger partial charge on any atom is 0.144 e. The molecular formula is C43H28N2O. The molecule has 0 aliphatic heterocycles. The molecule has 0 radical (unpaired) electrons. The predicted molar refractivity (Wildman–Crippen MR) is 193 cm³/mol. The van der Waals surface area contributed by atoms with Crippen molar-refractivity contribution in [2.45, 2.75) is 13.7 Å². The van der Waals surface area contributed by atoms with Crippen LogP contribution in [0.1, 0.15) is 19.4 Å². The number of furan rings is 1. The first kappa shape index (κ1) is 20.2. The molecule has 10 rings (SSSR count). The molecule has 0 bridgehead atoms. The lowest BCUT2D eigenvalue weighted by Crippen LogP contribution is -1.95. The van der Waals surface area contributed by atoms with Gasteiger partial charge >= 0.3 is 0 Å². The maximum absolute atomic E-state index is 8.21. The van der Waals surface area contributed by atoms with Crippen molar-refractivity contribution >= 4 is 76.1 Å². The van der Waals surface area contributed by atoms with Gasteiger partial charge in [0.05, 0.1) is 16.7 Å². The lowest BCUT2D eigenvalue weighted by atomic mass is 9.94. The van der Waals surface area contributed by atoms with Gasteiger partial charge in [-0.3, -0.25) is 4.98 Å². The van der Waals surface area contributed by atoms with E-state index in [0.717, 1.165) is 27.5 Å². The van der Waals surface area contributed by atoms with Crippen LogP contribution in [0, 0.1) is 13.7 Å². The van der Waals surface area contributed by atoms with E-state index in [1.54, 1.807) is 0 Å². The first-order valence-electron chi connectivity index (χ1n) is 18.3. The van der Waals surface area contributed by atoms with Crippen molar-refractivity contribution in [3.8, 4) is 16.9 Å². The summed E-state index contributed by atoms with van der Waals surface area (Å²) in [6, 6.07) is 42.5. The molecule has 3 heteroatoms. The molecular weight excluding hydrogens is 560 g/mol. The van der Waals surface area contributed by atoms with Crippen LogP contribution in [0.3, 0.4) is 0 Å². The van der Waals surface area contributed by atoms with Crippen LogP contribution in [-0.4, -0.2) is 9.55 Å². The number of fused-ring (bicyclic) bond motifs is 12. The van der Waals surface area contributed by atoms with E-state index in [1.165, 1.54) is 44.5 Å². The van der Waals surface area contributed by atoms with Gasteiger partial charge in [0.15, 0.2) is 0 Å². The van der Waals surface area contributed by atoms with Gasteiger partial charge in [-0.1, -0.05) is 91.0 Å². The van der Waals surface area contributed by atoms with E-state index in [2.05, 4.69) is 89.5 Å². The van der Waals surface area contributed by atoms with E-state index in [4.69, 9.17) is 17.6 Å². The maximum atomic E-state index is 8.21. The van der Waals surface area contributed by atoms with Crippen LogP contribution in [0.2, 0.25) is 0 Å². The van der Waals surface area contributed by atoms with Crippen molar-refractivity contribution in [2.75, 3.05) is 0 Å². The van der Waals surface area contributed by atoms with Crippen LogP contribution < -0.4 is 0 Å². The molecule has 46 heavy (non-hydrogen) atoms. The Morgan fingerprint density at radius 2 is 1.22 bits per heavy atom. The van der Waals surface area contributed by atoms with Crippen LogP contribution in [0.25, 0.3) is 93.0 Å². The number of benzene rings is 7. The minimum Gasteiger partial charge on any atom is -0.455 e. The largest absolute Gasteiger partial charge is 0.455 e. The van der Waals surface area contributed by atoms with Crippen molar-refractivity contribution in [1.29, 1.82) is 0 Å². The monoisotopic (exact) mass is 594 g/mol. The van der Waals surface area contributed by atoms with Crippen LogP contribution in [0.5, 0.6) is 0 Å². The Balaban J connectivity index is 1.24. The lowest BCUT2D eigenvalue weighted by Gasteiger charge is -2.14. The molecule has 10 aromatic rings. The quantitative estimate of drug-likeness (QED) is 0.186. The summed E-state index contributed by atoms with van der Waals surface area (Å²) in [7, 11) is 0. The normalized spacial score (nSPS) is 14.6. The molecule has 0 saturated carbocycles. The first-order chi connectivity index (χ1) is 25.1. The minimum atomic E-state index is -2.58. The molecule has 0 unspecified atom stereocenters. The highest BCUT2D eigenvalue weighted by Crippen LogP contribution is 2.41. The molecule has 0 saturated heterocycles. The zero-order valence-corrected chi connectivity index (χ0v) is 24.5. The van der Waals surface area contributed by atoms with Gasteiger partial charge in [-0.25, -0.2) is 0 Å². The fourth-order valence-electron chi connectivity index (χ4n) is 7.43. The third-order valence-corrected chi connectivity index (χ3v) is 9.42. The van der Waals surface area contributed by atoms with Crippen molar-refractivity contribution < 1.29 is 12.6 Å². The second kappa shape index (κ2) is 9.29. The molecule has 216 valence electrons. The molecule has 0 N–H and O–H groups in total. The number of para-hydroxylation sites is 2. The van der Waals surface area contributed by atoms with Gasteiger partial charge < -0.3 is 8.98 Å². The van der Waals surface area contributed by atoms with E-state index in [0.29, 0.717) is 27.6 Å². The van der Waals surface area contributed by atoms with Crippen LogP contribution in [0.15, 0.2) is 138 Å². The molecule has 0 aliphatic carbocycles. The smallest absolute Gasteiger partial charge is 0.144 e. The standard InChI is InChI=1S/C43H28N2O/c1-25-20-26(2)42-37(21-25)34-15-9-16-35(43(34)46-42)39-23-41-38(24-44-39)33-14-7-8-17-40(33)45(41)27-18-19-32-30-12-4-3-10-28(30)29-11-5-6-13-31(29)36(32)22-27/h3-24H,1-2H3/i1D3,2D3. The molecule has 7 aromatic carbocycles. The number of nitrogens with zero attached hydrogens (tertiary/aromatic N) is 2. The molecule has 0 atom stereocenters. The van der Waals surface area contributed by atoms with Crippen LogP contribution >= 0.6 is 0 Å². The highest BCUT2D eigenvalue weighted by molar-refractivity contribution is 6.25. The van der Waals surface area contributed by atoms with Gasteiger partial charge in [0.25, 0.3) is 0 Å². The van der Waals surface area contributed by atoms with Gasteiger partial charge in [0.1, 0.15) is 11.2 Å². The van der Waals surface area contributed by atoms with E-state index >= 15 is 0 Å². The van der Waals surface area contributed by atoms with E-state index in [1.807, 2.05) is 36.5 Å². The van der Waals surface area contributed by atoms with Gasteiger partial charge in [-0.05, 0) is 93.5 Å². The zero-order chi connectivity index (χ0) is 35.5. The highest BCUT2D eigenvalue weighted by atomic mass is 16.3.